The van der Waals surface area contributed by atoms with Crippen molar-refractivity contribution in [3.8, 4) is 0 Å². The lowest BCUT2D eigenvalue weighted by atomic mass is 10.1. The second-order valence-electron chi connectivity index (χ2n) is 2.85. The van der Waals surface area contributed by atoms with Crippen LogP contribution in [0.25, 0.3) is 0 Å². The molecule has 0 radical (unpaired) electrons. The Morgan fingerprint density at radius 3 is 2.75 bits per heavy atom. The van der Waals surface area contributed by atoms with Gasteiger partial charge in [0.05, 0.1) is 12.7 Å². The van der Waals surface area contributed by atoms with Crippen molar-refractivity contribution in [1.29, 1.82) is 0 Å². The Morgan fingerprint density at radius 2 is 2.31 bits per heavy atom. The standard InChI is InChI=1S/C9H9F2IN2O2/c1-16-9(15)5-3-14-8(12)4(2-13)6(5)7(10)11/h3,7H,2,13H2,1H3. The number of carbonyl (C=O) groups excluding carboxylic acids is 1. The predicted molar refractivity (Wildman–Crippen MR) is 61.1 cm³/mol. The molecule has 1 rings (SSSR count). The van der Waals surface area contributed by atoms with Crippen molar-refractivity contribution >= 4 is 28.6 Å². The van der Waals surface area contributed by atoms with E-state index in [1.54, 1.807) is 22.6 Å². The molecule has 0 aliphatic carbocycles. The number of carbonyl (C=O) groups is 1. The van der Waals surface area contributed by atoms with Gasteiger partial charge in [-0.15, -0.1) is 0 Å². The SMILES string of the molecule is COC(=O)c1cnc(I)c(CN)c1C(F)F. The summed E-state index contributed by atoms with van der Waals surface area (Å²) < 4.78 is 30.5. The fourth-order valence-electron chi connectivity index (χ4n) is 1.26. The molecular formula is C9H9F2IN2O2. The summed E-state index contributed by atoms with van der Waals surface area (Å²) in [4.78, 5) is 15.1. The van der Waals surface area contributed by atoms with Crippen LogP contribution in [0.1, 0.15) is 27.9 Å². The first-order valence-electron chi connectivity index (χ1n) is 4.26. The van der Waals surface area contributed by atoms with E-state index in [4.69, 9.17) is 5.73 Å². The molecular weight excluding hydrogens is 333 g/mol. The summed E-state index contributed by atoms with van der Waals surface area (Å²) in [7, 11) is 1.12. The summed E-state index contributed by atoms with van der Waals surface area (Å²) in [5.41, 5.74) is 4.92. The van der Waals surface area contributed by atoms with Crippen molar-refractivity contribution in [1.82, 2.24) is 4.98 Å². The zero-order valence-electron chi connectivity index (χ0n) is 8.34. The predicted octanol–water partition coefficient (Wildman–Crippen LogP) is 1.87. The molecule has 7 heteroatoms. The Bertz CT molecular complexity index is 413. The molecule has 88 valence electrons. The van der Waals surface area contributed by atoms with Crippen molar-refractivity contribution < 1.29 is 18.3 Å². The van der Waals surface area contributed by atoms with Gasteiger partial charge in [-0.1, -0.05) is 0 Å². The molecule has 0 spiro atoms. The highest BCUT2D eigenvalue weighted by Crippen LogP contribution is 2.29. The molecule has 16 heavy (non-hydrogen) atoms. The number of hydrogen-bond donors (Lipinski definition) is 1. The smallest absolute Gasteiger partial charge is 0.339 e. The van der Waals surface area contributed by atoms with E-state index >= 15 is 0 Å². The number of esters is 1. The first-order chi connectivity index (χ1) is 7.52. The lowest BCUT2D eigenvalue weighted by Gasteiger charge is -2.12. The minimum absolute atomic E-state index is 0.101. The minimum Gasteiger partial charge on any atom is -0.465 e. The van der Waals surface area contributed by atoms with Gasteiger partial charge < -0.3 is 10.5 Å². The molecule has 0 aromatic carbocycles. The highest BCUT2D eigenvalue weighted by atomic mass is 127. The third kappa shape index (κ3) is 2.46. The summed E-state index contributed by atoms with van der Waals surface area (Å²) in [6.07, 6.45) is -1.71. The second kappa shape index (κ2) is 5.48. The summed E-state index contributed by atoms with van der Waals surface area (Å²) >= 11 is 1.79. The van der Waals surface area contributed by atoms with E-state index < -0.39 is 18.0 Å². The maximum absolute atomic E-state index is 12.9. The minimum atomic E-state index is -2.79. The van der Waals surface area contributed by atoms with Gasteiger partial charge in [0.1, 0.15) is 3.70 Å². The average molecular weight is 342 g/mol. The van der Waals surface area contributed by atoms with Gasteiger partial charge in [-0.3, -0.25) is 0 Å². The van der Waals surface area contributed by atoms with Crippen LogP contribution in [-0.2, 0) is 11.3 Å². The molecule has 2 N–H and O–H groups in total. The first kappa shape index (κ1) is 13.2. The van der Waals surface area contributed by atoms with Crippen LogP contribution in [0.3, 0.4) is 0 Å². The van der Waals surface area contributed by atoms with Gasteiger partial charge in [0, 0.05) is 23.9 Å². The zero-order valence-corrected chi connectivity index (χ0v) is 10.5. The Balaban J connectivity index is 3.45. The van der Waals surface area contributed by atoms with Crippen LogP contribution >= 0.6 is 22.6 Å². The number of halogens is 3. The quantitative estimate of drug-likeness (QED) is 0.518. The van der Waals surface area contributed by atoms with Crippen LogP contribution < -0.4 is 5.73 Å². The lowest BCUT2D eigenvalue weighted by Crippen LogP contribution is -2.14. The number of aromatic nitrogens is 1. The summed E-state index contributed by atoms with van der Waals surface area (Å²) in [5, 5.41) is 0. The van der Waals surface area contributed by atoms with Gasteiger partial charge >= 0.3 is 5.97 Å². The Morgan fingerprint density at radius 1 is 1.69 bits per heavy atom. The zero-order chi connectivity index (χ0) is 12.3. The van der Waals surface area contributed by atoms with Gasteiger partial charge in [0.2, 0.25) is 0 Å². The fourth-order valence-corrected chi connectivity index (χ4v) is 1.91. The number of nitrogens with zero attached hydrogens (tertiary/aromatic N) is 1. The van der Waals surface area contributed by atoms with Gasteiger partial charge in [0.25, 0.3) is 6.43 Å². The third-order valence-electron chi connectivity index (χ3n) is 2.00. The molecule has 0 aliphatic rings. The molecule has 0 aliphatic heterocycles. The van der Waals surface area contributed by atoms with E-state index in [1.165, 1.54) is 0 Å². The highest BCUT2D eigenvalue weighted by molar-refractivity contribution is 14.1. The van der Waals surface area contributed by atoms with Crippen molar-refractivity contribution in [2.45, 2.75) is 13.0 Å². The van der Waals surface area contributed by atoms with Gasteiger partial charge in [-0.25, -0.2) is 18.6 Å². The largest absolute Gasteiger partial charge is 0.465 e. The molecule has 1 heterocycles. The van der Waals surface area contributed by atoms with Gasteiger partial charge in [0.15, 0.2) is 0 Å². The maximum atomic E-state index is 12.9. The Kier molecular flexibility index (Phi) is 4.54. The van der Waals surface area contributed by atoms with Crippen molar-refractivity contribution in [2.75, 3.05) is 7.11 Å². The van der Waals surface area contributed by atoms with Crippen LogP contribution in [0.4, 0.5) is 8.78 Å². The number of hydrogen-bond acceptors (Lipinski definition) is 4. The molecule has 0 saturated carbocycles. The monoisotopic (exact) mass is 342 g/mol. The third-order valence-corrected chi connectivity index (χ3v) is 2.93. The van der Waals surface area contributed by atoms with Crippen LogP contribution in [0.2, 0.25) is 0 Å². The van der Waals surface area contributed by atoms with Crippen LogP contribution in [0, 0.1) is 3.70 Å². The van der Waals surface area contributed by atoms with Crippen molar-refractivity contribution in [3.05, 3.63) is 26.6 Å². The number of alkyl halides is 2. The van der Waals surface area contributed by atoms with E-state index in [-0.39, 0.29) is 17.7 Å². The molecule has 0 saturated heterocycles. The Hall–Kier alpha value is -0.830. The van der Waals surface area contributed by atoms with E-state index in [2.05, 4.69) is 9.72 Å². The normalized spacial score (nSPS) is 10.6. The van der Waals surface area contributed by atoms with E-state index in [0.29, 0.717) is 3.70 Å². The van der Waals surface area contributed by atoms with Crippen molar-refractivity contribution in [3.63, 3.8) is 0 Å². The molecule has 0 atom stereocenters. The summed E-state index contributed by atoms with van der Waals surface area (Å²) in [6, 6.07) is 0. The fraction of sp³-hybridized carbons (Fsp3) is 0.333. The second-order valence-corrected chi connectivity index (χ2v) is 3.87. The molecule has 0 bridgehead atoms. The Labute approximate surface area is 104 Å². The van der Waals surface area contributed by atoms with Crippen LogP contribution in [0.15, 0.2) is 6.20 Å². The number of ether oxygens (including phenoxy) is 1. The van der Waals surface area contributed by atoms with E-state index in [9.17, 15) is 13.6 Å². The number of pyridine rings is 1. The lowest BCUT2D eigenvalue weighted by molar-refractivity contribution is 0.0588. The van der Waals surface area contributed by atoms with E-state index in [0.717, 1.165) is 13.3 Å². The number of methoxy groups -OCH3 is 1. The molecule has 0 fully saturated rings. The maximum Gasteiger partial charge on any atom is 0.339 e. The van der Waals surface area contributed by atoms with Crippen molar-refractivity contribution in [2.24, 2.45) is 5.73 Å². The molecule has 1 aromatic rings. The van der Waals surface area contributed by atoms with Gasteiger partial charge in [-0.2, -0.15) is 0 Å². The molecule has 0 amide bonds. The molecule has 1 aromatic heterocycles. The van der Waals surface area contributed by atoms with Gasteiger partial charge in [-0.05, 0) is 22.6 Å². The molecule has 0 unspecified atom stereocenters. The van der Waals surface area contributed by atoms with Crippen LogP contribution in [-0.4, -0.2) is 18.1 Å². The van der Waals surface area contributed by atoms with E-state index in [1.807, 2.05) is 0 Å². The molecule has 4 nitrogen and oxygen atoms in total. The summed E-state index contributed by atoms with van der Waals surface area (Å²) in [5.74, 6) is -0.839. The summed E-state index contributed by atoms with van der Waals surface area (Å²) in [6.45, 7) is -0.101. The first-order valence-corrected chi connectivity index (χ1v) is 5.34. The average Bonchev–Trinajstić information content (AvgIpc) is 2.27. The topological polar surface area (TPSA) is 65.2 Å². The van der Waals surface area contributed by atoms with Crippen LogP contribution in [0.5, 0.6) is 0 Å². The number of rotatable bonds is 3. The number of nitrogens with two attached hydrogens (primary N) is 1. The highest BCUT2D eigenvalue weighted by Gasteiger charge is 2.24.